The highest BCUT2D eigenvalue weighted by Gasteiger charge is 2.35. The van der Waals surface area contributed by atoms with Gasteiger partial charge in [0.1, 0.15) is 12.6 Å². The normalized spacial score (nSPS) is 14.7. The Morgan fingerprint density at radius 3 is 2.24 bits per heavy atom. The average molecular weight is 631 g/mol. The molecule has 0 heterocycles. The molecule has 1 atom stereocenters. The molecule has 1 aliphatic rings. The van der Waals surface area contributed by atoms with Gasteiger partial charge in [0.25, 0.3) is 10.0 Å². The van der Waals surface area contributed by atoms with Gasteiger partial charge >= 0.3 is 0 Å². The van der Waals surface area contributed by atoms with Crippen LogP contribution in [0.1, 0.15) is 56.6 Å². The monoisotopic (exact) mass is 629 g/mol. The molecule has 3 aromatic rings. The molecule has 1 aliphatic carbocycles. The fourth-order valence-corrected chi connectivity index (χ4v) is 7.17. The summed E-state index contributed by atoms with van der Waals surface area (Å²) in [7, 11) is -4.23. The minimum Gasteiger partial charge on any atom is -0.352 e. The second-order valence-corrected chi connectivity index (χ2v) is 13.3. The van der Waals surface area contributed by atoms with Gasteiger partial charge < -0.3 is 10.2 Å². The lowest BCUT2D eigenvalue weighted by atomic mass is 9.95. The van der Waals surface area contributed by atoms with Crippen LogP contribution in [0, 0.1) is 6.92 Å². The van der Waals surface area contributed by atoms with E-state index in [4.69, 9.17) is 23.2 Å². The molecule has 1 fully saturated rings. The van der Waals surface area contributed by atoms with Crippen LogP contribution >= 0.6 is 23.2 Å². The van der Waals surface area contributed by atoms with Gasteiger partial charge in [-0.15, -0.1) is 0 Å². The van der Waals surface area contributed by atoms with Crippen LogP contribution in [0.25, 0.3) is 0 Å². The molecule has 0 aliphatic heterocycles. The molecule has 0 saturated heterocycles. The number of hydrogen-bond donors (Lipinski definition) is 1. The van der Waals surface area contributed by atoms with Crippen molar-refractivity contribution in [2.24, 2.45) is 0 Å². The third kappa shape index (κ3) is 7.65. The van der Waals surface area contributed by atoms with Crippen LogP contribution in [0.4, 0.5) is 5.69 Å². The topological polar surface area (TPSA) is 86.8 Å². The predicted octanol–water partition coefficient (Wildman–Crippen LogP) is 6.75. The van der Waals surface area contributed by atoms with E-state index in [1.165, 1.54) is 23.1 Å². The van der Waals surface area contributed by atoms with Gasteiger partial charge in [-0.3, -0.25) is 13.9 Å². The number of sulfonamides is 1. The van der Waals surface area contributed by atoms with E-state index in [9.17, 15) is 18.0 Å². The van der Waals surface area contributed by atoms with E-state index < -0.39 is 28.5 Å². The number of amides is 2. The van der Waals surface area contributed by atoms with Crippen LogP contribution in [0.2, 0.25) is 10.0 Å². The summed E-state index contributed by atoms with van der Waals surface area (Å²) in [5.74, 6) is -0.764. The molecule has 0 aromatic heterocycles. The van der Waals surface area contributed by atoms with Gasteiger partial charge in [-0.2, -0.15) is 0 Å². The SMILES string of the molecule is CCC(C(=O)NC1CCCCC1)N(Cc1ccc(C)cc1)C(=O)CN(c1cccc(Cl)c1Cl)S(=O)(=O)c1ccccc1. The maximum Gasteiger partial charge on any atom is 0.264 e. The Bertz CT molecular complexity index is 1480. The Morgan fingerprint density at radius 2 is 1.60 bits per heavy atom. The van der Waals surface area contributed by atoms with Crippen molar-refractivity contribution in [1.82, 2.24) is 10.2 Å². The van der Waals surface area contributed by atoms with Gasteiger partial charge in [0.15, 0.2) is 0 Å². The van der Waals surface area contributed by atoms with Gasteiger partial charge in [-0.05, 0) is 56.0 Å². The van der Waals surface area contributed by atoms with Crippen LogP contribution in [-0.2, 0) is 26.2 Å². The first-order valence-corrected chi connectivity index (χ1v) is 16.5. The van der Waals surface area contributed by atoms with Crippen molar-refractivity contribution in [1.29, 1.82) is 0 Å². The number of rotatable bonds is 11. The molecule has 3 aromatic carbocycles. The summed E-state index contributed by atoms with van der Waals surface area (Å²) in [6.45, 7) is 3.39. The second kappa shape index (κ2) is 14.4. The van der Waals surface area contributed by atoms with E-state index in [2.05, 4.69) is 5.32 Å². The summed E-state index contributed by atoms with van der Waals surface area (Å²) in [6, 6.07) is 19.5. The first-order valence-electron chi connectivity index (χ1n) is 14.3. The van der Waals surface area contributed by atoms with Crippen molar-refractivity contribution < 1.29 is 18.0 Å². The number of nitrogens with zero attached hydrogens (tertiary/aromatic N) is 2. The van der Waals surface area contributed by atoms with Crippen molar-refractivity contribution >= 4 is 50.7 Å². The summed E-state index contributed by atoms with van der Waals surface area (Å²) in [4.78, 5) is 29.3. The van der Waals surface area contributed by atoms with Crippen molar-refractivity contribution in [3.63, 3.8) is 0 Å². The van der Waals surface area contributed by atoms with E-state index in [-0.39, 0.29) is 39.1 Å². The maximum absolute atomic E-state index is 14.2. The van der Waals surface area contributed by atoms with Crippen LogP contribution in [0.15, 0.2) is 77.7 Å². The molecule has 0 bridgehead atoms. The zero-order valence-electron chi connectivity index (χ0n) is 23.9. The van der Waals surface area contributed by atoms with E-state index in [1.807, 2.05) is 38.1 Å². The molecule has 224 valence electrons. The quantitative estimate of drug-likeness (QED) is 0.254. The van der Waals surface area contributed by atoms with Gasteiger partial charge in [-0.1, -0.05) is 103 Å². The van der Waals surface area contributed by atoms with Gasteiger partial charge in [-0.25, -0.2) is 8.42 Å². The number of carbonyl (C=O) groups is 2. The minimum absolute atomic E-state index is 0.000935. The second-order valence-electron chi connectivity index (χ2n) is 10.7. The van der Waals surface area contributed by atoms with E-state index in [0.717, 1.165) is 47.5 Å². The Labute approximate surface area is 258 Å². The zero-order chi connectivity index (χ0) is 30.3. The van der Waals surface area contributed by atoms with Gasteiger partial charge in [0.05, 0.1) is 20.6 Å². The number of nitrogens with one attached hydrogen (secondary N) is 1. The highest BCUT2D eigenvalue weighted by atomic mass is 35.5. The minimum atomic E-state index is -4.23. The fraction of sp³-hybridized carbons (Fsp3) is 0.375. The molecule has 0 spiro atoms. The van der Waals surface area contributed by atoms with Crippen LogP contribution in [0.5, 0.6) is 0 Å². The van der Waals surface area contributed by atoms with Crippen LogP contribution in [0.3, 0.4) is 0 Å². The zero-order valence-corrected chi connectivity index (χ0v) is 26.3. The molecule has 7 nitrogen and oxygen atoms in total. The molecule has 42 heavy (non-hydrogen) atoms. The summed E-state index contributed by atoms with van der Waals surface area (Å²) in [5.41, 5.74) is 1.97. The maximum atomic E-state index is 14.2. The number of benzene rings is 3. The lowest BCUT2D eigenvalue weighted by molar-refractivity contribution is -0.140. The van der Waals surface area contributed by atoms with Gasteiger partial charge in [0.2, 0.25) is 11.8 Å². The molecule has 1 N–H and O–H groups in total. The smallest absolute Gasteiger partial charge is 0.264 e. The van der Waals surface area contributed by atoms with E-state index in [1.54, 1.807) is 30.3 Å². The van der Waals surface area contributed by atoms with Crippen LogP contribution in [-0.4, -0.2) is 43.8 Å². The van der Waals surface area contributed by atoms with E-state index >= 15 is 0 Å². The number of halogens is 2. The Balaban J connectivity index is 1.72. The molecular formula is C32H37Cl2N3O4S. The number of anilines is 1. The largest absolute Gasteiger partial charge is 0.352 e. The Morgan fingerprint density at radius 1 is 0.929 bits per heavy atom. The third-order valence-corrected chi connectivity index (χ3v) is 10.2. The van der Waals surface area contributed by atoms with Crippen molar-refractivity contribution in [2.75, 3.05) is 10.8 Å². The van der Waals surface area contributed by atoms with Crippen molar-refractivity contribution in [3.8, 4) is 0 Å². The fourth-order valence-electron chi connectivity index (χ4n) is 5.27. The summed E-state index contributed by atoms with van der Waals surface area (Å²) in [6.07, 6.45) is 5.44. The summed E-state index contributed by atoms with van der Waals surface area (Å²) in [5, 5.41) is 3.32. The van der Waals surface area contributed by atoms with Crippen molar-refractivity contribution in [2.45, 2.75) is 75.9 Å². The highest BCUT2D eigenvalue weighted by Crippen LogP contribution is 2.35. The Kier molecular flexibility index (Phi) is 10.9. The lowest BCUT2D eigenvalue weighted by Crippen LogP contribution is -2.54. The average Bonchev–Trinajstić information content (AvgIpc) is 2.99. The molecule has 2 amide bonds. The molecule has 4 rings (SSSR count). The highest BCUT2D eigenvalue weighted by molar-refractivity contribution is 7.92. The first-order chi connectivity index (χ1) is 20.1. The molecule has 0 radical (unpaired) electrons. The third-order valence-electron chi connectivity index (χ3n) is 7.62. The number of aryl methyl sites for hydroxylation is 1. The van der Waals surface area contributed by atoms with E-state index in [0.29, 0.717) is 6.42 Å². The lowest BCUT2D eigenvalue weighted by Gasteiger charge is -2.34. The summed E-state index contributed by atoms with van der Waals surface area (Å²) < 4.78 is 28.9. The molecular weight excluding hydrogens is 593 g/mol. The van der Waals surface area contributed by atoms with Crippen LogP contribution < -0.4 is 9.62 Å². The Hall–Kier alpha value is -3.07. The first kappa shape index (κ1) is 31.9. The molecule has 1 saturated carbocycles. The number of carbonyl (C=O) groups excluding carboxylic acids is 2. The van der Waals surface area contributed by atoms with Crippen molar-refractivity contribution in [3.05, 3.63) is 94.0 Å². The standard InChI is InChI=1S/C32H37Cl2N3O4S/c1-3-28(32(39)35-25-11-6-4-7-12-25)36(21-24-19-17-23(2)18-20-24)30(38)22-37(29-16-10-15-27(33)31(29)34)42(40,41)26-13-8-5-9-14-26/h5,8-10,13-20,25,28H,3-4,6-7,11-12,21-22H2,1-2H3,(H,35,39). The predicted molar refractivity (Wildman–Crippen MR) is 168 cm³/mol. The molecule has 1 unspecified atom stereocenters. The number of hydrogen-bond acceptors (Lipinski definition) is 4. The van der Waals surface area contributed by atoms with Gasteiger partial charge in [0, 0.05) is 12.6 Å². The molecule has 10 heteroatoms. The summed E-state index contributed by atoms with van der Waals surface area (Å²) >= 11 is 12.8.